The van der Waals surface area contributed by atoms with Crippen molar-refractivity contribution in [1.29, 1.82) is 0 Å². The molecule has 94 valence electrons. The molecule has 1 aliphatic carbocycles. The molecule has 0 radical (unpaired) electrons. The molecule has 1 aliphatic rings. The smallest absolute Gasteiger partial charge is 0.0198 e. The van der Waals surface area contributed by atoms with Crippen molar-refractivity contribution in [3.8, 4) is 0 Å². The molecule has 1 unspecified atom stereocenters. The molecule has 0 aromatic heterocycles. The predicted molar refractivity (Wildman–Crippen MR) is 75.0 cm³/mol. The molecular weight excluding hydrogens is 216 g/mol. The van der Waals surface area contributed by atoms with Gasteiger partial charge in [0.2, 0.25) is 0 Å². The van der Waals surface area contributed by atoms with Crippen molar-refractivity contribution in [2.45, 2.75) is 45.1 Å². The summed E-state index contributed by atoms with van der Waals surface area (Å²) in [5.41, 5.74) is 7.41. The van der Waals surface area contributed by atoms with Gasteiger partial charge in [-0.2, -0.15) is 11.8 Å². The van der Waals surface area contributed by atoms with E-state index in [0.717, 1.165) is 13.1 Å². The number of hydrogen-bond acceptors (Lipinski definition) is 3. The Morgan fingerprint density at radius 3 is 3.06 bits per heavy atom. The first-order chi connectivity index (χ1) is 7.86. The van der Waals surface area contributed by atoms with Gasteiger partial charge >= 0.3 is 0 Å². The summed E-state index contributed by atoms with van der Waals surface area (Å²) in [4.78, 5) is 0. The monoisotopic (exact) mass is 242 g/mol. The van der Waals surface area contributed by atoms with Crippen LogP contribution in [0.2, 0.25) is 0 Å². The Labute approximate surface area is 104 Å². The number of rotatable bonds is 9. The van der Waals surface area contributed by atoms with Gasteiger partial charge in [-0.25, -0.2) is 0 Å². The van der Waals surface area contributed by atoms with E-state index in [0.29, 0.717) is 6.04 Å². The lowest BCUT2D eigenvalue weighted by atomic mass is 10.1. The van der Waals surface area contributed by atoms with Crippen LogP contribution >= 0.6 is 11.8 Å². The van der Waals surface area contributed by atoms with Gasteiger partial charge in [-0.1, -0.05) is 18.6 Å². The van der Waals surface area contributed by atoms with Crippen LogP contribution in [-0.2, 0) is 0 Å². The Hall–Kier alpha value is 0.0100. The first-order valence-corrected chi connectivity index (χ1v) is 7.71. The Morgan fingerprint density at radius 2 is 2.44 bits per heavy atom. The molecule has 0 aromatic rings. The van der Waals surface area contributed by atoms with Gasteiger partial charge in [-0.3, -0.25) is 0 Å². The van der Waals surface area contributed by atoms with Crippen molar-refractivity contribution in [3.05, 3.63) is 11.6 Å². The van der Waals surface area contributed by atoms with E-state index in [-0.39, 0.29) is 0 Å². The van der Waals surface area contributed by atoms with E-state index in [2.05, 4.69) is 18.3 Å². The van der Waals surface area contributed by atoms with Crippen LogP contribution in [0.4, 0.5) is 0 Å². The molecule has 3 heteroatoms. The SMILES string of the molecule is CCSCCC(CN)NCCC1=CCCC1. The van der Waals surface area contributed by atoms with Gasteiger partial charge in [0.05, 0.1) is 0 Å². The summed E-state index contributed by atoms with van der Waals surface area (Å²) in [6.45, 7) is 4.08. The topological polar surface area (TPSA) is 38.0 Å². The zero-order valence-corrected chi connectivity index (χ0v) is 11.3. The first-order valence-electron chi connectivity index (χ1n) is 6.56. The summed E-state index contributed by atoms with van der Waals surface area (Å²) < 4.78 is 0. The highest BCUT2D eigenvalue weighted by molar-refractivity contribution is 7.99. The van der Waals surface area contributed by atoms with Crippen LogP contribution in [-0.4, -0.2) is 30.6 Å². The fourth-order valence-electron chi connectivity index (χ4n) is 2.07. The zero-order valence-electron chi connectivity index (χ0n) is 10.5. The maximum Gasteiger partial charge on any atom is 0.0198 e. The average molecular weight is 242 g/mol. The normalized spacial score (nSPS) is 17.5. The van der Waals surface area contributed by atoms with E-state index in [4.69, 9.17) is 5.73 Å². The summed E-state index contributed by atoms with van der Waals surface area (Å²) in [5.74, 6) is 2.44. The molecular formula is C13H26N2S. The highest BCUT2D eigenvalue weighted by Crippen LogP contribution is 2.19. The fourth-order valence-corrected chi connectivity index (χ4v) is 2.81. The molecule has 1 rings (SSSR count). The third-order valence-electron chi connectivity index (χ3n) is 3.11. The second kappa shape index (κ2) is 9.08. The molecule has 2 nitrogen and oxygen atoms in total. The van der Waals surface area contributed by atoms with Crippen LogP contribution in [0.15, 0.2) is 11.6 Å². The van der Waals surface area contributed by atoms with Crippen molar-refractivity contribution in [3.63, 3.8) is 0 Å². The van der Waals surface area contributed by atoms with Crippen LogP contribution < -0.4 is 11.1 Å². The first kappa shape index (κ1) is 14.1. The maximum atomic E-state index is 5.76. The van der Waals surface area contributed by atoms with Crippen LogP contribution in [0.1, 0.15) is 39.0 Å². The fraction of sp³-hybridized carbons (Fsp3) is 0.846. The van der Waals surface area contributed by atoms with E-state index in [9.17, 15) is 0 Å². The molecule has 0 aliphatic heterocycles. The largest absolute Gasteiger partial charge is 0.329 e. The quantitative estimate of drug-likeness (QED) is 0.482. The summed E-state index contributed by atoms with van der Waals surface area (Å²) in [5, 5.41) is 3.58. The number of thioether (sulfide) groups is 1. The molecule has 16 heavy (non-hydrogen) atoms. The minimum Gasteiger partial charge on any atom is -0.329 e. The Kier molecular flexibility index (Phi) is 7.99. The van der Waals surface area contributed by atoms with Gasteiger partial charge < -0.3 is 11.1 Å². The van der Waals surface area contributed by atoms with Crippen molar-refractivity contribution in [2.75, 3.05) is 24.6 Å². The summed E-state index contributed by atoms with van der Waals surface area (Å²) in [7, 11) is 0. The van der Waals surface area contributed by atoms with Gasteiger partial charge in [-0.05, 0) is 50.2 Å². The molecule has 3 N–H and O–H groups in total. The van der Waals surface area contributed by atoms with E-state index < -0.39 is 0 Å². The Morgan fingerprint density at radius 1 is 1.56 bits per heavy atom. The molecule has 0 amide bonds. The summed E-state index contributed by atoms with van der Waals surface area (Å²) >= 11 is 2.00. The molecule has 0 aromatic carbocycles. The summed E-state index contributed by atoms with van der Waals surface area (Å²) in [6.07, 6.45) is 8.81. The van der Waals surface area contributed by atoms with Gasteiger partial charge in [0.15, 0.2) is 0 Å². The lowest BCUT2D eigenvalue weighted by Gasteiger charge is -2.16. The molecule has 0 fully saturated rings. The van der Waals surface area contributed by atoms with Gasteiger partial charge in [-0.15, -0.1) is 0 Å². The van der Waals surface area contributed by atoms with Crippen molar-refractivity contribution in [2.24, 2.45) is 5.73 Å². The van der Waals surface area contributed by atoms with E-state index in [1.807, 2.05) is 11.8 Å². The third kappa shape index (κ3) is 5.92. The Balaban J connectivity index is 2.03. The molecule has 0 bridgehead atoms. The zero-order chi connectivity index (χ0) is 11.6. The maximum absolute atomic E-state index is 5.76. The molecule has 0 heterocycles. The molecule has 1 atom stereocenters. The van der Waals surface area contributed by atoms with Gasteiger partial charge in [0.1, 0.15) is 0 Å². The van der Waals surface area contributed by atoms with Crippen molar-refractivity contribution >= 4 is 11.8 Å². The molecule has 0 saturated heterocycles. The lowest BCUT2D eigenvalue weighted by Crippen LogP contribution is -2.37. The second-order valence-electron chi connectivity index (χ2n) is 4.38. The summed E-state index contributed by atoms with van der Waals surface area (Å²) in [6, 6.07) is 0.515. The van der Waals surface area contributed by atoms with Crippen LogP contribution in [0.3, 0.4) is 0 Å². The molecule has 0 spiro atoms. The highest BCUT2D eigenvalue weighted by atomic mass is 32.2. The van der Waals surface area contributed by atoms with Gasteiger partial charge in [0, 0.05) is 12.6 Å². The lowest BCUT2D eigenvalue weighted by molar-refractivity contribution is 0.510. The number of nitrogens with one attached hydrogen (secondary N) is 1. The predicted octanol–water partition coefficient (Wildman–Crippen LogP) is 2.55. The van der Waals surface area contributed by atoms with E-state index in [1.54, 1.807) is 5.57 Å². The highest BCUT2D eigenvalue weighted by Gasteiger charge is 2.07. The number of allylic oxidation sites excluding steroid dienone is 1. The molecule has 0 saturated carbocycles. The van der Waals surface area contributed by atoms with Crippen molar-refractivity contribution < 1.29 is 0 Å². The number of hydrogen-bond donors (Lipinski definition) is 2. The standard InChI is InChI=1S/C13H26N2S/c1-2-16-10-8-13(11-14)15-9-7-12-5-3-4-6-12/h5,13,15H,2-4,6-11,14H2,1H3. The van der Waals surface area contributed by atoms with Gasteiger partial charge in [0.25, 0.3) is 0 Å². The van der Waals surface area contributed by atoms with Crippen LogP contribution in [0.5, 0.6) is 0 Å². The van der Waals surface area contributed by atoms with E-state index >= 15 is 0 Å². The van der Waals surface area contributed by atoms with Crippen LogP contribution in [0, 0.1) is 0 Å². The second-order valence-corrected chi connectivity index (χ2v) is 5.77. The van der Waals surface area contributed by atoms with E-state index in [1.165, 1.54) is 43.6 Å². The van der Waals surface area contributed by atoms with Crippen LogP contribution in [0.25, 0.3) is 0 Å². The number of nitrogens with two attached hydrogens (primary N) is 1. The average Bonchev–Trinajstić information content (AvgIpc) is 2.80. The third-order valence-corrected chi connectivity index (χ3v) is 4.05. The minimum atomic E-state index is 0.515. The Bertz CT molecular complexity index is 204. The van der Waals surface area contributed by atoms with Crippen molar-refractivity contribution in [1.82, 2.24) is 5.32 Å². The minimum absolute atomic E-state index is 0.515.